The summed E-state index contributed by atoms with van der Waals surface area (Å²) in [5, 5.41) is -0.316. The molecule has 0 radical (unpaired) electrons. The number of amides is 1. The second kappa shape index (κ2) is 6.63. The fourth-order valence-electron chi connectivity index (χ4n) is 2.54. The van der Waals surface area contributed by atoms with Crippen molar-refractivity contribution < 1.29 is 4.79 Å². The van der Waals surface area contributed by atoms with Gasteiger partial charge in [-0.25, -0.2) is 0 Å². The minimum absolute atomic E-state index is 0.316. The summed E-state index contributed by atoms with van der Waals surface area (Å²) in [5.41, 5.74) is 2.26. The van der Waals surface area contributed by atoms with Crippen LogP contribution < -0.4 is 0 Å². The molecule has 19 heavy (non-hydrogen) atoms. The van der Waals surface area contributed by atoms with Crippen LogP contribution in [0.5, 0.6) is 0 Å². The smallest absolute Gasteiger partial charge is 0.316 e. The molecule has 0 spiro atoms. The first-order chi connectivity index (χ1) is 9.19. The van der Waals surface area contributed by atoms with Crippen LogP contribution in [-0.2, 0) is 6.42 Å². The quantitative estimate of drug-likeness (QED) is 0.468. The van der Waals surface area contributed by atoms with Gasteiger partial charge in [-0.2, -0.15) is 0 Å². The first-order valence-corrected chi connectivity index (χ1v) is 7.07. The van der Waals surface area contributed by atoms with E-state index >= 15 is 0 Å². The second-order valence-electron chi connectivity index (χ2n) is 5.06. The van der Waals surface area contributed by atoms with Crippen LogP contribution in [0.4, 0.5) is 4.79 Å². The maximum Gasteiger partial charge on any atom is 0.316 e. The minimum atomic E-state index is -0.316. The van der Waals surface area contributed by atoms with Gasteiger partial charge < -0.3 is 4.90 Å². The Labute approximate surface area is 119 Å². The average Bonchev–Trinajstić information content (AvgIpc) is 2.46. The number of benzene rings is 1. The Morgan fingerprint density at radius 2 is 1.95 bits per heavy atom. The number of piperidine rings is 1. The Morgan fingerprint density at radius 3 is 2.47 bits per heavy atom. The number of terminal acetylenes is 1. The fraction of sp³-hybridized carbons (Fsp3) is 0.438. The minimum Gasteiger partial charge on any atom is -0.329 e. The van der Waals surface area contributed by atoms with Crippen molar-refractivity contribution in [3.05, 3.63) is 35.4 Å². The lowest BCUT2D eigenvalue weighted by Gasteiger charge is -2.30. The summed E-state index contributed by atoms with van der Waals surface area (Å²) in [5.74, 6) is 3.32. The molecule has 1 heterocycles. The zero-order valence-electron chi connectivity index (χ0n) is 10.9. The predicted molar refractivity (Wildman–Crippen MR) is 78.2 cm³/mol. The molecule has 0 aliphatic carbocycles. The van der Waals surface area contributed by atoms with Crippen molar-refractivity contribution in [1.29, 1.82) is 0 Å². The number of rotatable bonds is 3. The Hall–Kier alpha value is -1.46. The number of carbonyl (C=O) groups excluding carboxylic acids is 1. The summed E-state index contributed by atoms with van der Waals surface area (Å²) >= 11 is 5.48. The topological polar surface area (TPSA) is 20.3 Å². The lowest BCUT2D eigenvalue weighted by molar-refractivity contribution is 0.188. The lowest BCUT2D eigenvalue weighted by atomic mass is 9.90. The molecule has 2 nitrogen and oxygen atoms in total. The highest BCUT2D eigenvalue weighted by atomic mass is 35.5. The van der Waals surface area contributed by atoms with Crippen LogP contribution in [0.3, 0.4) is 0 Å². The molecule has 1 aliphatic heterocycles. The molecule has 0 N–H and O–H groups in total. The molecular weight excluding hydrogens is 258 g/mol. The number of likely N-dealkylation sites (tertiary alicyclic amines) is 1. The van der Waals surface area contributed by atoms with Gasteiger partial charge in [-0.3, -0.25) is 4.79 Å². The largest absolute Gasteiger partial charge is 0.329 e. The first-order valence-electron chi connectivity index (χ1n) is 6.69. The molecule has 1 aliphatic rings. The van der Waals surface area contributed by atoms with Gasteiger partial charge in [0.15, 0.2) is 0 Å². The molecule has 0 atom stereocenters. The van der Waals surface area contributed by atoms with Gasteiger partial charge in [-0.15, -0.1) is 6.42 Å². The maximum absolute atomic E-state index is 11.0. The number of hydrogen-bond donors (Lipinski definition) is 0. The molecule has 2 rings (SSSR count). The van der Waals surface area contributed by atoms with Crippen molar-refractivity contribution in [2.75, 3.05) is 13.1 Å². The molecule has 1 amide bonds. The Bertz CT molecular complexity index is 467. The highest BCUT2D eigenvalue weighted by Gasteiger charge is 2.21. The van der Waals surface area contributed by atoms with Gasteiger partial charge >= 0.3 is 5.37 Å². The van der Waals surface area contributed by atoms with Crippen LogP contribution in [0.25, 0.3) is 0 Å². The Kier molecular flexibility index (Phi) is 4.87. The van der Waals surface area contributed by atoms with Crippen LogP contribution in [0.1, 0.15) is 30.4 Å². The van der Waals surface area contributed by atoms with Crippen LogP contribution in [0.15, 0.2) is 24.3 Å². The number of nitrogens with zero attached hydrogens (tertiary/aromatic N) is 1. The van der Waals surface area contributed by atoms with Gasteiger partial charge in [-0.05, 0) is 60.9 Å². The summed E-state index contributed by atoms with van der Waals surface area (Å²) < 4.78 is 0. The van der Waals surface area contributed by atoms with Crippen LogP contribution in [-0.4, -0.2) is 23.4 Å². The fourth-order valence-corrected chi connectivity index (χ4v) is 2.70. The van der Waals surface area contributed by atoms with Crippen molar-refractivity contribution in [1.82, 2.24) is 4.90 Å². The third-order valence-electron chi connectivity index (χ3n) is 3.83. The molecule has 1 saturated heterocycles. The standard InChI is InChI=1S/C16H18ClNO/c1-2-13-3-5-14(6-4-13)7-8-15-9-11-18(12-10-15)16(17)19/h1,3-6,15H,7-12H2. The predicted octanol–water partition coefficient (Wildman–Crippen LogP) is 3.67. The maximum atomic E-state index is 11.0. The summed E-state index contributed by atoms with van der Waals surface area (Å²) in [6.45, 7) is 1.59. The van der Waals surface area contributed by atoms with E-state index in [1.54, 1.807) is 4.90 Å². The van der Waals surface area contributed by atoms with E-state index in [0.717, 1.165) is 37.9 Å². The van der Waals surface area contributed by atoms with Crippen LogP contribution in [0, 0.1) is 18.3 Å². The van der Waals surface area contributed by atoms with Crippen molar-refractivity contribution in [2.45, 2.75) is 25.7 Å². The van der Waals surface area contributed by atoms with Crippen molar-refractivity contribution in [2.24, 2.45) is 5.92 Å². The summed E-state index contributed by atoms with van der Waals surface area (Å²) in [6, 6.07) is 8.19. The second-order valence-corrected chi connectivity index (χ2v) is 5.39. The van der Waals surface area contributed by atoms with Crippen molar-refractivity contribution >= 4 is 17.0 Å². The normalized spacial score (nSPS) is 16.1. The van der Waals surface area contributed by atoms with Gasteiger partial charge in [0.1, 0.15) is 0 Å². The highest BCUT2D eigenvalue weighted by Crippen LogP contribution is 2.23. The number of hydrogen-bond acceptors (Lipinski definition) is 1. The van der Waals surface area contributed by atoms with Gasteiger partial charge in [0.2, 0.25) is 0 Å². The van der Waals surface area contributed by atoms with Crippen LogP contribution in [0.2, 0.25) is 0 Å². The average molecular weight is 276 g/mol. The first kappa shape index (κ1) is 14.0. The third-order valence-corrected chi connectivity index (χ3v) is 4.06. The van der Waals surface area contributed by atoms with Crippen molar-refractivity contribution in [3.8, 4) is 12.3 Å². The number of aryl methyl sites for hydroxylation is 1. The van der Waals surface area contributed by atoms with E-state index < -0.39 is 0 Å². The SMILES string of the molecule is C#Cc1ccc(CCC2CCN(C(=O)Cl)CC2)cc1. The monoisotopic (exact) mass is 275 g/mol. The molecule has 1 aromatic carbocycles. The van der Waals surface area contributed by atoms with E-state index in [-0.39, 0.29) is 5.37 Å². The number of halogens is 1. The van der Waals surface area contributed by atoms with Gasteiger partial charge in [-0.1, -0.05) is 18.1 Å². The summed E-state index contributed by atoms with van der Waals surface area (Å²) in [4.78, 5) is 12.7. The molecule has 0 unspecified atom stereocenters. The molecule has 0 bridgehead atoms. The van der Waals surface area contributed by atoms with E-state index in [4.69, 9.17) is 18.0 Å². The van der Waals surface area contributed by atoms with Gasteiger partial charge in [0.25, 0.3) is 0 Å². The summed E-state index contributed by atoms with van der Waals surface area (Å²) in [7, 11) is 0. The van der Waals surface area contributed by atoms with E-state index in [2.05, 4.69) is 18.1 Å². The molecule has 0 aromatic heterocycles. The van der Waals surface area contributed by atoms with Gasteiger partial charge in [0.05, 0.1) is 0 Å². The van der Waals surface area contributed by atoms with E-state index in [9.17, 15) is 4.79 Å². The van der Waals surface area contributed by atoms with Crippen LogP contribution >= 0.6 is 11.6 Å². The molecule has 1 fully saturated rings. The van der Waals surface area contributed by atoms with Crippen molar-refractivity contribution in [3.63, 3.8) is 0 Å². The molecule has 1 aromatic rings. The molecule has 3 heteroatoms. The van der Waals surface area contributed by atoms with Gasteiger partial charge in [0, 0.05) is 18.7 Å². The lowest BCUT2D eigenvalue weighted by Crippen LogP contribution is -2.35. The molecule has 100 valence electrons. The Morgan fingerprint density at radius 1 is 1.32 bits per heavy atom. The number of carbonyl (C=O) groups is 1. The third kappa shape index (κ3) is 4.01. The highest BCUT2D eigenvalue weighted by molar-refractivity contribution is 6.62. The van der Waals surface area contributed by atoms with E-state index in [1.807, 2.05) is 12.1 Å². The zero-order chi connectivity index (χ0) is 13.7. The molecule has 0 saturated carbocycles. The Balaban J connectivity index is 1.77. The van der Waals surface area contributed by atoms with E-state index in [0.29, 0.717) is 5.92 Å². The zero-order valence-corrected chi connectivity index (χ0v) is 11.7. The molecular formula is C16H18ClNO. The summed E-state index contributed by atoms with van der Waals surface area (Å²) in [6.07, 6.45) is 9.69. The van der Waals surface area contributed by atoms with E-state index in [1.165, 1.54) is 12.0 Å².